The fourth-order valence-electron chi connectivity index (χ4n) is 1.96. The van der Waals surface area contributed by atoms with Crippen molar-refractivity contribution in [3.8, 4) is 5.75 Å². The molecule has 1 atom stereocenters. The lowest BCUT2D eigenvalue weighted by atomic mass is 10.1. The highest BCUT2D eigenvalue weighted by Crippen LogP contribution is 2.27. The number of likely N-dealkylation sites (N-methyl/N-ethyl adjacent to an activating group) is 1. The topological polar surface area (TPSA) is 57.3 Å². The van der Waals surface area contributed by atoms with Gasteiger partial charge in [-0.25, -0.2) is 0 Å². The number of fused-ring (bicyclic) bond motifs is 1. The van der Waals surface area contributed by atoms with Gasteiger partial charge in [0.05, 0.1) is 12.7 Å². The van der Waals surface area contributed by atoms with Crippen LogP contribution in [-0.2, 0) is 0 Å². The molecule has 0 saturated carbocycles. The van der Waals surface area contributed by atoms with Gasteiger partial charge in [0.15, 0.2) is 0 Å². The summed E-state index contributed by atoms with van der Waals surface area (Å²) in [7, 11) is 1.82. The third-order valence-corrected chi connectivity index (χ3v) is 2.75. The highest BCUT2D eigenvalue weighted by Gasteiger charge is 2.12. The molecule has 0 bridgehead atoms. The van der Waals surface area contributed by atoms with Crippen LogP contribution in [0.1, 0.15) is 18.6 Å². The molecular formula is C13H18N2O2. The lowest BCUT2D eigenvalue weighted by Crippen LogP contribution is -2.16. The molecular weight excluding hydrogens is 216 g/mol. The predicted molar refractivity (Wildman–Crippen MR) is 68.4 cm³/mol. The molecule has 2 aromatic rings. The molecule has 1 aromatic carbocycles. The Balaban J connectivity index is 2.39. The Hall–Kier alpha value is -1.52. The van der Waals surface area contributed by atoms with Gasteiger partial charge in [-0.3, -0.25) is 0 Å². The van der Waals surface area contributed by atoms with Crippen LogP contribution in [0.25, 0.3) is 10.9 Å². The van der Waals surface area contributed by atoms with E-state index in [4.69, 9.17) is 4.74 Å². The molecule has 1 heterocycles. The molecule has 0 fully saturated rings. The van der Waals surface area contributed by atoms with Crippen molar-refractivity contribution in [2.75, 3.05) is 20.2 Å². The number of nitrogens with one attached hydrogen (secondary N) is 2. The molecule has 0 saturated heterocycles. The first kappa shape index (κ1) is 12.0. The molecule has 0 aliphatic heterocycles. The quantitative estimate of drug-likeness (QED) is 0.739. The highest BCUT2D eigenvalue weighted by molar-refractivity contribution is 5.85. The summed E-state index contributed by atoms with van der Waals surface area (Å²) < 4.78 is 5.47. The van der Waals surface area contributed by atoms with E-state index in [-0.39, 0.29) is 0 Å². The number of aliphatic hydroxyl groups excluding tert-OH is 1. The molecule has 1 aromatic heterocycles. The van der Waals surface area contributed by atoms with Gasteiger partial charge in [0.2, 0.25) is 0 Å². The summed E-state index contributed by atoms with van der Waals surface area (Å²) in [4.78, 5) is 3.15. The maximum atomic E-state index is 10.0. The van der Waals surface area contributed by atoms with E-state index in [1.54, 1.807) is 0 Å². The second-order valence-corrected chi connectivity index (χ2v) is 3.96. The molecule has 0 aliphatic carbocycles. The second kappa shape index (κ2) is 5.21. The lowest BCUT2D eigenvalue weighted by molar-refractivity contribution is 0.179. The highest BCUT2D eigenvalue weighted by atomic mass is 16.5. The summed E-state index contributed by atoms with van der Waals surface area (Å²) in [5.74, 6) is 0.831. The predicted octanol–water partition coefficient (Wildman–Crippen LogP) is 1.82. The maximum absolute atomic E-state index is 10.0. The van der Waals surface area contributed by atoms with Gasteiger partial charge in [0, 0.05) is 29.2 Å². The van der Waals surface area contributed by atoms with Crippen LogP contribution in [0, 0.1) is 0 Å². The summed E-state index contributed by atoms with van der Waals surface area (Å²) in [6.45, 7) is 3.13. The molecule has 92 valence electrons. The fraction of sp³-hybridized carbons (Fsp3) is 0.385. The average molecular weight is 234 g/mol. The lowest BCUT2D eigenvalue weighted by Gasteiger charge is -2.09. The van der Waals surface area contributed by atoms with Crippen molar-refractivity contribution in [2.45, 2.75) is 13.0 Å². The molecule has 0 amide bonds. The summed E-state index contributed by atoms with van der Waals surface area (Å²) in [6.07, 6.45) is 1.34. The Kier molecular flexibility index (Phi) is 3.66. The SMILES string of the molecule is CCOc1ccc2[nH]cc(C(O)CNC)c2c1. The Morgan fingerprint density at radius 3 is 3.00 bits per heavy atom. The Morgan fingerprint density at radius 2 is 2.29 bits per heavy atom. The van der Waals surface area contributed by atoms with E-state index < -0.39 is 6.10 Å². The zero-order chi connectivity index (χ0) is 12.3. The summed E-state index contributed by atoms with van der Waals surface area (Å²) in [6, 6.07) is 5.86. The number of hydrogen-bond acceptors (Lipinski definition) is 3. The smallest absolute Gasteiger partial charge is 0.120 e. The van der Waals surface area contributed by atoms with Gasteiger partial charge in [0.1, 0.15) is 5.75 Å². The molecule has 4 nitrogen and oxygen atoms in total. The minimum atomic E-state index is -0.509. The molecule has 3 N–H and O–H groups in total. The van der Waals surface area contributed by atoms with Gasteiger partial charge in [-0.1, -0.05) is 0 Å². The van der Waals surface area contributed by atoms with Crippen molar-refractivity contribution in [3.63, 3.8) is 0 Å². The van der Waals surface area contributed by atoms with E-state index in [0.717, 1.165) is 22.2 Å². The third kappa shape index (κ3) is 2.43. The van der Waals surface area contributed by atoms with Crippen LogP contribution in [-0.4, -0.2) is 30.3 Å². The van der Waals surface area contributed by atoms with Crippen LogP contribution in [0.15, 0.2) is 24.4 Å². The van der Waals surface area contributed by atoms with Crippen LogP contribution in [0.2, 0.25) is 0 Å². The van der Waals surface area contributed by atoms with E-state index >= 15 is 0 Å². The second-order valence-electron chi connectivity index (χ2n) is 3.96. The third-order valence-electron chi connectivity index (χ3n) is 2.75. The normalized spacial score (nSPS) is 12.9. The van der Waals surface area contributed by atoms with Crippen LogP contribution >= 0.6 is 0 Å². The van der Waals surface area contributed by atoms with E-state index in [2.05, 4.69) is 10.3 Å². The van der Waals surface area contributed by atoms with Crippen molar-refractivity contribution in [3.05, 3.63) is 30.0 Å². The van der Waals surface area contributed by atoms with Gasteiger partial charge >= 0.3 is 0 Å². The number of aromatic nitrogens is 1. The summed E-state index contributed by atoms with van der Waals surface area (Å²) >= 11 is 0. The van der Waals surface area contributed by atoms with Crippen molar-refractivity contribution < 1.29 is 9.84 Å². The summed E-state index contributed by atoms with van der Waals surface area (Å²) in [5, 5.41) is 14.0. The molecule has 2 rings (SSSR count). The van der Waals surface area contributed by atoms with E-state index in [9.17, 15) is 5.11 Å². The standard InChI is InChI=1S/C13H18N2O2/c1-3-17-9-4-5-12-10(6-9)11(7-15-12)13(16)8-14-2/h4-7,13-16H,3,8H2,1-2H3. The minimum Gasteiger partial charge on any atom is -0.494 e. The Bertz CT molecular complexity index is 493. The van der Waals surface area contributed by atoms with Crippen LogP contribution < -0.4 is 10.1 Å². The number of benzene rings is 1. The van der Waals surface area contributed by atoms with Crippen molar-refractivity contribution >= 4 is 10.9 Å². The first-order chi connectivity index (χ1) is 8.26. The molecule has 0 radical (unpaired) electrons. The number of rotatable bonds is 5. The van der Waals surface area contributed by atoms with Gasteiger partial charge in [-0.05, 0) is 32.2 Å². The molecule has 0 aliphatic rings. The zero-order valence-electron chi connectivity index (χ0n) is 10.2. The molecule has 1 unspecified atom stereocenters. The van der Waals surface area contributed by atoms with Gasteiger partial charge in [-0.2, -0.15) is 0 Å². The Labute approximate surface area is 101 Å². The largest absolute Gasteiger partial charge is 0.494 e. The van der Waals surface area contributed by atoms with Gasteiger partial charge < -0.3 is 20.1 Å². The minimum absolute atomic E-state index is 0.509. The number of aromatic amines is 1. The van der Waals surface area contributed by atoms with E-state index in [1.165, 1.54) is 0 Å². The first-order valence-corrected chi connectivity index (χ1v) is 5.82. The van der Waals surface area contributed by atoms with Gasteiger partial charge in [0.25, 0.3) is 0 Å². The number of ether oxygens (including phenoxy) is 1. The molecule has 4 heteroatoms. The van der Waals surface area contributed by atoms with Crippen LogP contribution in [0.5, 0.6) is 5.75 Å². The van der Waals surface area contributed by atoms with Crippen molar-refractivity contribution in [1.82, 2.24) is 10.3 Å². The van der Waals surface area contributed by atoms with Gasteiger partial charge in [-0.15, -0.1) is 0 Å². The summed E-state index contributed by atoms with van der Waals surface area (Å²) in [5.41, 5.74) is 1.91. The molecule has 17 heavy (non-hydrogen) atoms. The number of hydrogen-bond donors (Lipinski definition) is 3. The first-order valence-electron chi connectivity index (χ1n) is 5.82. The average Bonchev–Trinajstić information content (AvgIpc) is 2.73. The number of H-pyrrole nitrogens is 1. The Morgan fingerprint density at radius 1 is 1.47 bits per heavy atom. The van der Waals surface area contributed by atoms with Crippen molar-refractivity contribution in [1.29, 1.82) is 0 Å². The number of aliphatic hydroxyl groups is 1. The van der Waals surface area contributed by atoms with Crippen LogP contribution in [0.4, 0.5) is 0 Å². The van der Waals surface area contributed by atoms with E-state index in [1.807, 2.05) is 38.4 Å². The maximum Gasteiger partial charge on any atom is 0.120 e. The zero-order valence-corrected chi connectivity index (χ0v) is 10.2. The molecule has 0 spiro atoms. The van der Waals surface area contributed by atoms with E-state index in [0.29, 0.717) is 13.2 Å². The van der Waals surface area contributed by atoms with Crippen molar-refractivity contribution in [2.24, 2.45) is 0 Å². The monoisotopic (exact) mass is 234 g/mol. The van der Waals surface area contributed by atoms with Crippen LogP contribution in [0.3, 0.4) is 0 Å². The fourth-order valence-corrected chi connectivity index (χ4v) is 1.96.